The van der Waals surface area contributed by atoms with Crippen LogP contribution in [0.2, 0.25) is 0 Å². The molecule has 4 aromatic rings. The van der Waals surface area contributed by atoms with Crippen molar-refractivity contribution in [3.8, 4) is 29.4 Å². The number of aliphatic hydroxyl groups excluding tert-OH is 1. The normalized spacial score (nSPS) is 11.1. The summed E-state index contributed by atoms with van der Waals surface area (Å²) in [6.45, 7) is 1.44. The second kappa shape index (κ2) is 9.91. The van der Waals surface area contributed by atoms with Crippen LogP contribution in [0.3, 0.4) is 0 Å². The minimum atomic E-state index is -0.872. The van der Waals surface area contributed by atoms with Gasteiger partial charge < -0.3 is 20.5 Å². The van der Waals surface area contributed by atoms with E-state index in [0.29, 0.717) is 17.0 Å². The molecule has 0 bridgehead atoms. The van der Waals surface area contributed by atoms with Gasteiger partial charge >= 0.3 is 0 Å². The van der Waals surface area contributed by atoms with Gasteiger partial charge in [-0.2, -0.15) is 0 Å². The van der Waals surface area contributed by atoms with Crippen LogP contribution in [0.5, 0.6) is 5.75 Å². The molecule has 1 atom stereocenters. The number of amides is 1. The number of carbonyl (C=O) groups excluding carboxylic acids is 1. The van der Waals surface area contributed by atoms with E-state index in [4.69, 9.17) is 5.11 Å². The van der Waals surface area contributed by atoms with E-state index in [1.54, 1.807) is 13.0 Å². The van der Waals surface area contributed by atoms with Crippen molar-refractivity contribution >= 4 is 16.8 Å². The van der Waals surface area contributed by atoms with Crippen LogP contribution in [0.15, 0.2) is 60.7 Å². The number of carbonyl (C=O) groups is 1. The summed E-state index contributed by atoms with van der Waals surface area (Å²) in [5.74, 6) is 9.13. The first-order chi connectivity index (χ1) is 16.4. The number of aromatic amines is 1. The molecule has 0 radical (unpaired) electrons. The summed E-state index contributed by atoms with van der Waals surface area (Å²) in [4.78, 5) is 20.8. The topological polar surface area (TPSA) is 98.2 Å². The maximum absolute atomic E-state index is 14.1. The van der Waals surface area contributed by atoms with Crippen molar-refractivity contribution < 1.29 is 19.4 Å². The third-order valence-electron chi connectivity index (χ3n) is 5.06. The molecule has 4 N–H and O–H groups in total. The zero-order valence-electron chi connectivity index (χ0n) is 18.2. The third kappa shape index (κ3) is 5.07. The highest BCUT2D eigenvalue weighted by Gasteiger charge is 2.24. The number of hydrogen-bond acceptors (Lipinski definition) is 4. The lowest BCUT2D eigenvalue weighted by Gasteiger charge is -2.19. The predicted molar refractivity (Wildman–Crippen MR) is 126 cm³/mol. The van der Waals surface area contributed by atoms with E-state index in [1.165, 1.54) is 18.2 Å². The number of nitrogens with zero attached hydrogens (tertiary/aromatic N) is 1. The molecule has 4 rings (SSSR count). The minimum absolute atomic E-state index is 0.108. The maximum Gasteiger partial charge on any atom is 0.270 e. The van der Waals surface area contributed by atoms with Gasteiger partial charge in [-0.15, -0.1) is 0 Å². The second-order valence-corrected chi connectivity index (χ2v) is 7.51. The smallest absolute Gasteiger partial charge is 0.270 e. The SMILES string of the molecule is Cc1cc(C#CC#CCO)cc(C(=O)NC(c2cc3ccccc3[nH]2)c2cc(F)ccc2O)n1. The summed E-state index contributed by atoms with van der Waals surface area (Å²) < 4.78 is 14.1. The molecular weight excluding hydrogens is 433 g/mol. The monoisotopic (exact) mass is 453 g/mol. The molecule has 2 aromatic heterocycles. The average Bonchev–Trinajstić information content (AvgIpc) is 3.25. The lowest BCUT2D eigenvalue weighted by Crippen LogP contribution is -2.30. The van der Waals surface area contributed by atoms with Gasteiger partial charge in [-0.25, -0.2) is 9.37 Å². The molecule has 168 valence electrons. The molecule has 7 heteroatoms. The fourth-order valence-corrected chi connectivity index (χ4v) is 3.58. The Bertz CT molecular complexity index is 1470. The number of fused-ring (bicyclic) bond motifs is 1. The molecule has 0 saturated heterocycles. The van der Waals surface area contributed by atoms with Gasteiger partial charge in [0, 0.05) is 28.0 Å². The van der Waals surface area contributed by atoms with Gasteiger partial charge in [0.1, 0.15) is 23.9 Å². The van der Waals surface area contributed by atoms with Gasteiger partial charge in [0.25, 0.3) is 5.91 Å². The van der Waals surface area contributed by atoms with E-state index < -0.39 is 17.8 Å². The Hall–Kier alpha value is -4.59. The Labute approximate surface area is 195 Å². The molecule has 1 amide bonds. The Morgan fingerprint density at radius 3 is 2.76 bits per heavy atom. The van der Waals surface area contributed by atoms with E-state index in [9.17, 15) is 14.3 Å². The number of aromatic nitrogens is 2. The van der Waals surface area contributed by atoms with Crippen LogP contribution >= 0.6 is 0 Å². The number of phenols is 1. The Kier molecular flexibility index (Phi) is 6.59. The Morgan fingerprint density at radius 1 is 1.15 bits per heavy atom. The molecule has 0 saturated carbocycles. The first-order valence-electron chi connectivity index (χ1n) is 10.4. The van der Waals surface area contributed by atoms with Crippen molar-refractivity contribution in [2.75, 3.05) is 6.61 Å². The van der Waals surface area contributed by atoms with Crippen LogP contribution < -0.4 is 5.32 Å². The molecule has 0 aliphatic carbocycles. The molecule has 2 aromatic carbocycles. The van der Waals surface area contributed by atoms with Crippen molar-refractivity contribution in [3.05, 3.63) is 94.7 Å². The number of H-pyrrole nitrogens is 1. The van der Waals surface area contributed by atoms with E-state index in [1.807, 2.05) is 30.3 Å². The molecule has 0 aliphatic heterocycles. The highest BCUT2D eigenvalue weighted by molar-refractivity contribution is 5.93. The zero-order valence-corrected chi connectivity index (χ0v) is 18.2. The number of nitrogens with one attached hydrogen (secondary N) is 2. The Balaban J connectivity index is 1.73. The van der Waals surface area contributed by atoms with Crippen molar-refractivity contribution in [2.45, 2.75) is 13.0 Å². The molecular formula is C27H20FN3O3. The number of aromatic hydroxyl groups is 1. The van der Waals surface area contributed by atoms with Gasteiger partial charge in [0.15, 0.2) is 0 Å². The number of aryl methyl sites for hydroxylation is 1. The average molecular weight is 453 g/mol. The number of para-hydroxylation sites is 1. The standard InChI is InChI=1S/C27H20FN3O3/c1-17-13-18(7-3-2-6-12-32)14-24(29-17)27(34)31-26(21-16-20(28)10-11-25(21)33)23-15-19-8-4-5-9-22(19)30-23/h4-5,8-11,13-16,26,30,32-33H,12H2,1H3,(H,31,34). The predicted octanol–water partition coefficient (Wildman–Crippen LogP) is 3.58. The maximum atomic E-state index is 14.1. The van der Waals surface area contributed by atoms with Crippen LogP contribution in [-0.2, 0) is 0 Å². The second-order valence-electron chi connectivity index (χ2n) is 7.51. The number of pyridine rings is 1. The Morgan fingerprint density at radius 2 is 1.97 bits per heavy atom. The van der Waals surface area contributed by atoms with Crippen molar-refractivity contribution in [2.24, 2.45) is 0 Å². The fraction of sp³-hybridized carbons (Fsp3) is 0.111. The lowest BCUT2D eigenvalue weighted by molar-refractivity contribution is 0.0936. The van der Waals surface area contributed by atoms with Gasteiger partial charge in [0.2, 0.25) is 0 Å². The van der Waals surface area contributed by atoms with Crippen LogP contribution in [0.4, 0.5) is 4.39 Å². The van der Waals surface area contributed by atoms with E-state index in [2.05, 4.69) is 39.0 Å². The highest BCUT2D eigenvalue weighted by atomic mass is 19.1. The number of hydrogen-bond donors (Lipinski definition) is 4. The molecule has 34 heavy (non-hydrogen) atoms. The van der Waals surface area contributed by atoms with Crippen LogP contribution in [0.1, 0.15) is 39.0 Å². The molecule has 0 aliphatic rings. The highest BCUT2D eigenvalue weighted by Crippen LogP contribution is 2.31. The lowest BCUT2D eigenvalue weighted by atomic mass is 10.0. The van der Waals surface area contributed by atoms with E-state index >= 15 is 0 Å². The third-order valence-corrected chi connectivity index (χ3v) is 5.06. The minimum Gasteiger partial charge on any atom is -0.508 e. The summed E-state index contributed by atoms with van der Waals surface area (Å²) in [5.41, 5.74) is 2.82. The largest absolute Gasteiger partial charge is 0.508 e. The summed E-state index contributed by atoms with van der Waals surface area (Å²) in [6, 6.07) is 15.3. The van der Waals surface area contributed by atoms with E-state index in [-0.39, 0.29) is 23.6 Å². The number of benzene rings is 2. The van der Waals surface area contributed by atoms with Crippen LogP contribution in [0.25, 0.3) is 10.9 Å². The fourth-order valence-electron chi connectivity index (χ4n) is 3.58. The van der Waals surface area contributed by atoms with Crippen molar-refractivity contribution in [3.63, 3.8) is 0 Å². The number of rotatable bonds is 4. The summed E-state index contributed by atoms with van der Waals surface area (Å²) in [6.07, 6.45) is 0. The molecule has 2 heterocycles. The van der Waals surface area contributed by atoms with Crippen molar-refractivity contribution in [1.82, 2.24) is 15.3 Å². The summed E-state index contributed by atoms with van der Waals surface area (Å²) in [7, 11) is 0. The van der Waals surface area contributed by atoms with Crippen LogP contribution in [0, 0.1) is 36.4 Å². The van der Waals surface area contributed by atoms with Gasteiger partial charge in [-0.3, -0.25) is 4.79 Å². The molecule has 0 spiro atoms. The zero-order chi connectivity index (χ0) is 24.1. The number of aliphatic hydroxyl groups is 1. The van der Waals surface area contributed by atoms with E-state index in [0.717, 1.165) is 17.0 Å². The van der Waals surface area contributed by atoms with Gasteiger partial charge in [0.05, 0.1) is 6.04 Å². The number of phenolic OH excluding ortho intramolecular Hbond substituents is 1. The van der Waals surface area contributed by atoms with Gasteiger partial charge in [-0.05, 0) is 66.6 Å². The van der Waals surface area contributed by atoms with Gasteiger partial charge in [-0.1, -0.05) is 30.0 Å². The summed E-state index contributed by atoms with van der Waals surface area (Å²) >= 11 is 0. The number of halogens is 1. The first kappa shape index (κ1) is 22.6. The first-order valence-corrected chi connectivity index (χ1v) is 10.4. The molecule has 1 unspecified atom stereocenters. The quantitative estimate of drug-likeness (QED) is 0.355. The summed E-state index contributed by atoms with van der Waals surface area (Å²) in [5, 5.41) is 23.0. The van der Waals surface area contributed by atoms with Crippen LogP contribution in [-0.4, -0.2) is 32.7 Å². The van der Waals surface area contributed by atoms with Crippen molar-refractivity contribution in [1.29, 1.82) is 0 Å². The molecule has 6 nitrogen and oxygen atoms in total. The molecule has 0 fully saturated rings.